The number of halogens is 1. The maximum Gasteiger partial charge on any atom is 0.348 e. The number of likely N-dealkylation sites (N-methyl/N-ethyl adjacent to an activating group) is 1. The van der Waals surface area contributed by atoms with Crippen molar-refractivity contribution in [3.05, 3.63) is 45.9 Å². The summed E-state index contributed by atoms with van der Waals surface area (Å²) in [5.41, 5.74) is 1.53. The molecule has 1 atom stereocenters. The zero-order valence-electron chi connectivity index (χ0n) is 16.9. The van der Waals surface area contributed by atoms with Crippen LogP contribution < -0.4 is 0 Å². The zero-order valence-corrected chi connectivity index (χ0v) is 19.3. The fourth-order valence-electron chi connectivity index (χ4n) is 3.52. The molecular formula is C20H20ClN3O5S2. The minimum atomic E-state index is -3.11. The number of hydrogen-bond acceptors (Lipinski definition) is 7. The van der Waals surface area contributed by atoms with Crippen LogP contribution in [0.1, 0.15) is 21.8 Å². The molecule has 1 unspecified atom stereocenters. The number of benzene rings is 1. The average molecular weight is 482 g/mol. The third kappa shape index (κ3) is 4.46. The highest BCUT2D eigenvalue weighted by Crippen LogP contribution is 2.31. The number of sulfone groups is 1. The van der Waals surface area contributed by atoms with Crippen LogP contribution in [0, 0.1) is 6.92 Å². The van der Waals surface area contributed by atoms with Gasteiger partial charge in [-0.3, -0.25) is 4.79 Å². The van der Waals surface area contributed by atoms with Gasteiger partial charge in [-0.15, -0.1) is 11.3 Å². The standard InChI is InChI=1S/C20H20ClN3O5S2/c1-12-16-9-17(30-19(16)24(22-12)14-5-3-4-13(21)8-14)20(26)29-10-18(25)23(2)15-6-7-31(27,28)11-15/h3-5,8-9,15H,6-7,10-11H2,1-2H3. The summed E-state index contributed by atoms with van der Waals surface area (Å²) in [5, 5.41) is 5.91. The molecule has 0 N–H and O–H groups in total. The molecule has 11 heteroatoms. The van der Waals surface area contributed by atoms with Gasteiger partial charge in [-0.25, -0.2) is 17.9 Å². The molecule has 31 heavy (non-hydrogen) atoms. The summed E-state index contributed by atoms with van der Waals surface area (Å²) in [6.07, 6.45) is 0.397. The molecule has 1 fully saturated rings. The molecule has 164 valence electrons. The molecule has 3 heterocycles. The first-order chi connectivity index (χ1) is 14.6. The molecule has 1 aromatic carbocycles. The van der Waals surface area contributed by atoms with Crippen LogP contribution in [0.3, 0.4) is 0 Å². The molecule has 4 rings (SSSR count). The molecule has 8 nitrogen and oxygen atoms in total. The van der Waals surface area contributed by atoms with Gasteiger partial charge in [0.05, 0.1) is 22.9 Å². The van der Waals surface area contributed by atoms with Crippen LogP contribution in [0.4, 0.5) is 0 Å². The molecule has 1 saturated heterocycles. The second kappa shape index (κ2) is 8.25. The second-order valence-electron chi connectivity index (χ2n) is 7.44. The van der Waals surface area contributed by atoms with Crippen molar-refractivity contribution < 1.29 is 22.7 Å². The van der Waals surface area contributed by atoms with Crippen LogP contribution in [0.5, 0.6) is 0 Å². The summed E-state index contributed by atoms with van der Waals surface area (Å²) >= 11 is 7.30. The number of esters is 1. The minimum Gasteiger partial charge on any atom is -0.451 e. The SMILES string of the molecule is Cc1nn(-c2cccc(Cl)c2)c2sc(C(=O)OCC(=O)N(C)C3CCS(=O)(=O)C3)cc12. The normalized spacial score (nSPS) is 17.7. The number of aryl methyl sites for hydroxylation is 1. The van der Waals surface area contributed by atoms with Crippen LogP contribution >= 0.6 is 22.9 Å². The summed E-state index contributed by atoms with van der Waals surface area (Å²) in [6, 6.07) is 8.55. The van der Waals surface area contributed by atoms with Gasteiger partial charge in [0.15, 0.2) is 16.4 Å². The summed E-state index contributed by atoms with van der Waals surface area (Å²) < 4.78 is 30.2. The van der Waals surface area contributed by atoms with Gasteiger partial charge in [0.2, 0.25) is 0 Å². The number of nitrogens with zero attached hydrogens (tertiary/aromatic N) is 3. The highest BCUT2D eigenvalue weighted by atomic mass is 35.5. The highest BCUT2D eigenvalue weighted by Gasteiger charge is 2.33. The van der Waals surface area contributed by atoms with Gasteiger partial charge in [-0.2, -0.15) is 5.10 Å². The largest absolute Gasteiger partial charge is 0.451 e. The zero-order chi connectivity index (χ0) is 22.3. The molecule has 1 aliphatic rings. The summed E-state index contributed by atoms with van der Waals surface area (Å²) in [4.78, 5) is 27.4. The van der Waals surface area contributed by atoms with E-state index in [-0.39, 0.29) is 17.5 Å². The smallest absolute Gasteiger partial charge is 0.348 e. The molecule has 1 amide bonds. The van der Waals surface area contributed by atoms with Gasteiger partial charge in [0, 0.05) is 23.5 Å². The third-order valence-corrected chi connectivity index (χ3v) is 8.35. The lowest BCUT2D eigenvalue weighted by Crippen LogP contribution is -2.40. The number of thiophene rings is 1. The highest BCUT2D eigenvalue weighted by molar-refractivity contribution is 7.91. The summed E-state index contributed by atoms with van der Waals surface area (Å²) in [6.45, 7) is 1.40. The molecule has 0 aliphatic carbocycles. The summed E-state index contributed by atoms with van der Waals surface area (Å²) in [5.74, 6) is -1.03. The molecule has 1 aliphatic heterocycles. The predicted molar refractivity (Wildman–Crippen MR) is 119 cm³/mol. The van der Waals surface area contributed by atoms with Gasteiger partial charge in [0.1, 0.15) is 9.71 Å². The molecule has 0 radical (unpaired) electrons. The van der Waals surface area contributed by atoms with E-state index in [1.165, 1.54) is 23.3 Å². The van der Waals surface area contributed by atoms with Crippen LogP contribution in [-0.4, -0.2) is 66.2 Å². The van der Waals surface area contributed by atoms with Crippen molar-refractivity contribution in [1.29, 1.82) is 0 Å². The van der Waals surface area contributed by atoms with E-state index in [1.54, 1.807) is 22.9 Å². The minimum absolute atomic E-state index is 0.0568. The van der Waals surface area contributed by atoms with Crippen molar-refractivity contribution in [1.82, 2.24) is 14.7 Å². The van der Waals surface area contributed by atoms with Crippen molar-refractivity contribution in [3.8, 4) is 5.69 Å². The van der Waals surface area contributed by atoms with Gasteiger partial charge in [0.25, 0.3) is 5.91 Å². The topological polar surface area (TPSA) is 98.6 Å². The van der Waals surface area contributed by atoms with Gasteiger partial charge in [-0.05, 0) is 37.6 Å². The predicted octanol–water partition coefficient (Wildman–Crippen LogP) is 2.85. The van der Waals surface area contributed by atoms with Gasteiger partial charge >= 0.3 is 5.97 Å². The number of ether oxygens (including phenoxy) is 1. The molecule has 3 aromatic rings. The van der Waals surface area contributed by atoms with E-state index in [0.29, 0.717) is 16.3 Å². The molecular weight excluding hydrogens is 462 g/mol. The number of aromatic nitrogens is 2. The van der Waals surface area contributed by atoms with Crippen molar-refractivity contribution >= 4 is 54.9 Å². The Labute approximate surface area is 188 Å². The maximum atomic E-state index is 12.5. The monoisotopic (exact) mass is 481 g/mol. The lowest BCUT2D eigenvalue weighted by molar-refractivity contribution is -0.134. The number of rotatable bonds is 5. The Balaban J connectivity index is 1.47. The lowest BCUT2D eigenvalue weighted by atomic mass is 10.2. The number of hydrogen-bond donors (Lipinski definition) is 0. The van der Waals surface area contributed by atoms with Crippen molar-refractivity contribution in [2.45, 2.75) is 19.4 Å². The quantitative estimate of drug-likeness (QED) is 0.520. The van der Waals surface area contributed by atoms with Gasteiger partial charge in [-0.1, -0.05) is 17.7 Å². The summed E-state index contributed by atoms with van der Waals surface area (Å²) in [7, 11) is -1.58. The Hall–Kier alpha value is -2.43. The Morgan fingerprint density at radius 1 is 1.35 bits per heavy atom. The van der Waals surface area contributed by atoms with E-state index in [2.05, 4.69) is 5.10 Å². The number of carbonyl (C=O) groups is 2. The first-order valence-electron chi connectivity index (χ1n) is 9.53. The molecule has 2 aromatic heterocycles. The molecule has 0 spiro atoms. The van der Waals surface area contributed by atoms with Crippen molar-refractivity contribution in [2.75, 3.05) is 25.2 Å². The van der Waals surface area contributed by atoms with E-state index in [4.69, 9.17) is 16.3 Å². The number of carbonyl (C=O) groups excluding carboxylic acids is 2. The Bertz CT molecular complexity index is 1280. The Kier molecular flexibility index (Phi) is 5.80. The fraction of sp³-hybridized carbons (Fsp3) is 0.350. The van der Waals surface area contributed by atoms with Crippen molar-refractivity contribution in [2.24, 2.45) is 0 Å². The maximum absolute atomic E-state index is 12.5. The first kappa shape index (κ1) is 21.8. The molecule has 0 bridgehead atoms. The van der Waals surface area contributed by atoms with Crippen molar-refractivity contribution in [3.63, 3.8) is 0 Å². The second-order valence-corrected chi connectivity index (χ2v) is 11.1. The van der Waals surface area contributed by atoms with E-state index in [9.17, 15) is 18.0 Å². The number of fused-ring (bicyclic) bond motifs is 1. The third-order valence-electron chi connectivity index (χ3n) is 5.27. The van der Waals surface area contributed by atoms with E-state index in [1.807, 2.05) is 19.1 Å². The average Bonchev–Trinajstić information content (AvgIpc) is 3.40. The van der Waals surface area contributed by atoms with Crippen LogP contribution in [0.15, 0.2) is 30.3 Å². The van der Waals surface area contributed by atoms with E-state index in [0.717, 1.165) is 21.6 Å². The van der Waals surface area contributed by atoms with E-state index < -0.39 is 28.3 Å². The number of amides is 1. The lowest BCUT2D eigenvalue weighted by Gasteiger charge is -2.23. The Morgan fingerprint density at radius 2 is 2.13 bits per heavy atom. The Morgan fingerprint density at radius 3 is 2.81 bits per heavy atom. The fourth-order valence-corrected chi connectivity index (χ4v) is 6.55. The van der Waals surface area contributed by atoms with Crippen LogP contribution in [-0.2, 0) is 19.4 Å². The van der Waals surface area contributed by atoms with Gasteiger partial charge < -0.3 is 9.64 Å². The first-order valence-corrected chi connectivity index (χ1v) is 12.5. The molecule has 0 saturated carbocycles. The van der Waals surface area contributed by atoms with Crippen LogP contribution in [0.2, 0.25) is 5.02 Å². The van der Waals surface area contributed by atoms with E-state index >= 15 is 0 Å². The van der Waals surface area contributed by atoms with Crippen LogP contribution in [0.25, 0.3) is 15.9 Å².